The molecule has 0 spiro atoms. The van der Waals surface area contributed by atoms with E-state index < -0.39 is 0 Å². The smallest absolute Gasteiger partial charge is 0.255 e. The number of nitriles is 1. The Hall–Kier alpha value is -4.02. The van der Waals surface area contributed by atoms with E-state index in [1.807, 2.05) is 82.7 Å². The van der Waals surface area contributed by atoms with Crippen molar-refractivity contribution in [3.05, 3.63) is 95.7 Å². The number of nitrogens with one attached hydrogen (secondary N) is 1. The fourth-order valence-corrected chi connectivity index (χ4v) is 5.40. The molecule has 5 rings (SSSR count). The maximum absolute atomic E-state index is 13.4. The number of amides is 2. The minimum atomic E-state index is -0.0498. The maximum Gasteiger partial charge on any atom is 0.255 e. The molecule has 1 fully saturated rings. The van der Waals surface area contributed by atoms with Crippen LogP contribution in [0.2, 0.25) is 0 Å². The van der Waals surface area contributed by atoms with Gasteiger partial charge in [0.25, 0.3) is 5.91 Å². The van der Waals surface area contributed by atoms with E-state index >= 15 is 0 Å². The van der Waals surface area contributed by atoms with E-state index in [0.717, 1.165) is 26.3 Å². The number of rotatable bonds is 5. The van der Waals surface area contributed by atoms with E-state index in [2.05, 4.69) is 11.1 Å². The lowest BCUT2D eigenvalue weighted by Crippen LogP contribution is -2.51. The van der Waals surface area contributed by atoms with E-state index in [-0.39, 0.29) is 11.8 Å². The highest BCUT2D eigenvalue weighted by Gasteiger charge is 2.26. The Labute approximate surface area is 208 Å². The first-order chi connectivity index (χ1) is 17.1. The van der Waals surface area contributed by atoms with E-state index in [0.29, 0.717) is 43.7 Å². The van der Waals surface area contributed by atoms with Crippen molar-refractivity contribution in [2.45, 2.75) is 16.2 Å². The number of carbonyl (C=O) groups excluding carboxylic acids is 2. The average molecular weight is 481 g/mol. The Morgan fingerprint density at radius 2 is 1.51 bits per heavy atom. The number of piperazine rings is 1. The molecule has 0 aliphatic carbocycles. The van der Waals surface area contributed by atoms with Crippen LogP contribution in [0.1, 0.15) is 21.5 Å². The number of fused-ring (bicyclic) bond motifs is 1. The molecule has 0 saturated carbocycles. The first kappa shape index (κ1) is 22.8. The molecule has 3 aromatic carbocycles. The fraction of sp³-hybridized carbons (Fsp3) is 0.179. The standard InChI is InChI=1S/C28H24N4O2S/c29-18-20-7-1-5-11-25(20)35-26-12-6-3-9-23(26)28(34)32-15-13-31(14-16-32)27(33)17-21-19-30-24-10-4-2-8-22(21)24/h1-12,19,30H,13-17H2. The Kier molecular flexibility index (Phi) is 6.55. The van der Waals surface area contributed by atoms with Crippen molar-refractivity contribution in [2.75, 3.05) is 26.2 Å². The van der Waals surface area contributed by atoms with E-state index in [1.165, 1.54) is 11.8 Å². The Morgan fingerprint density at radius 3 is 2.31 bits per heavy atom. The van der Waals surface area contributed by atoms with Crippen LogP contribution in [-0.4, -0.2) is 52.8 Å². The molecule has 1 aliphatic heterocycles. The number of aromatic nitrogens is 1. The molecule has 174 valence electrons. The van der Waals surface area contributed by atoms with Gasteiger partial charge in [0.1, 0.15) is 6.07 Å². The molecule has 1 aromatic heterocycles. The molecule has 0 radical (unpaired) electrons. The van der Waals surface area contributed by atoms with Crippen molar-refractivity contribution < 1.29 is 9.59 Å². The van der Waals surface area contributed by atoms with Gasteiger partial charge < -0.3 is 14.8 Å². The molecule has 7 heteroatoms. The van der Waals surface area contributed by atoms with Gasteiger partial charge in [-0.1, -0.05) is 54.2 Å². The summed E-state index contributed by atoms with van der Waals surface area (Å²) in [5.74, 6) is 0.0252. The Morgan fingerprint density at radius 1 is 0.857 bits per heavy atom. The van der Waals surface area contributed by atoms with Crippen molar-refractivity contribution in [3.8, 4) is 6.07 Å². The number of aromatic amines is 1. The van der Waals surface area contributed by atoms with Gasteiger partial charge in [0, 0.05) is 53.1 Å². The number of H-pyrrole nitrogens is 1. The maximum atomic E-state index is 13.4. The molecule has 1 aliphatic rings. The number of benzene rings is 3. The molecule has 0 bridgehead atoms. The molecule has 6 nitrogen and oxygen atoms in total. The first-order valence-corrected chi connectivity index (χ1v) is 12.3. The fourth-order valence-electron chi connectivity index (χ4n) is 4.38. The van der Waals surface area contributed by atoms with Crippen LogP contribution < -0.4 is 0 Å². The number of para-hydroxylation sites is 1. The lowest BCUT2D eigenvalue weighted by Gasteiger charge is -2.35. The van der Waals surface area contributed by atoms with Gasteiger partial charge in [-0.2, -0.15) is 5.26 Å². The van der Waals surface area contributed by atoms with Crippen molar-refractivity contribution in [1.82, 2.24) is 14.8 Å². The van der Waals surface area contributed by atoms with Gasteiger partial charge in [0.15, 0.2) is 0 Å². The van der Waals surface area contributed by atoms with Crippen LogP contribution in [0.3, 0.4) is 0 Å². The van der Waals surface area contributed by atoms with Gasteiger partial charge in [-0.25, -0.2) is 0 Å². The summed E-state index contributed by atoms with van der Waals surface area (Å²) in [6.45, 7) is 2.01. The summed E-state index contributed by atoms with van der Waals surface area (Å²) in [6.07, 6.45) is 2.25. The van der Waals surface area contributed by atoms with Crippen LogP contribution in [0, 0.1) is 11.3 Å². The van der Waals surface area contributed by atoms with Crippen LogP contribution in [0.25, 0.3) is 10.9 Å². The van der Waals surface area contributed by atoms with Gasteiger partial charge in [-0.3, -0.25) is 9.59 Å². The number of nitrogens with zero attached hydrogens (tertiary/aromatic N) is 3. The molecule has 2 heterocycles. The van der Waals surface area contributed by atoms with Crippen molar-refractivity contribution >= 4 is 34.5 Å². The quantitative estimate of drug-likeness (QED) is 0.448. The second-order valence-electron chi connectivity index (χ2n) is 8.42. The minimum absolute atomic E-state index is 0.0498. The summed E-state index contributed by atoms with van der Waals surface area (Å²) in [5.41, 5.74) is 3.22. The van der Waals surface area contributed by atoms with Crippen LogP contribution in [0.5, 0.6) is 0 Å². The predicted octanol–water partition coefficient (Wildman–Crippen LogP) is 4.72. The SMILES string of the molecule is N#Cc1ccccc1Sc1ccccc1C(=O)N1CCN(C(=O)Cc2c[nH]c3ccccc23)CC1. The van der Waals surface area contributed by atoms with Crippen molar-refractivity contribution in [1.29, 1.82) is 5.26 Å². The van der Waals surface area contributed by atoms with Gasteiger partial charge in [-0.15, -0.1) is 0 Å². The zero-order valence-corrected chi connectivity index (χ0v) is 19.9. The zero-order chi connectivity index (χ0) is 24.2. The third-order valence-electron chi connectivity index (χ3n) is 6.28. The second-order valence-corrected chi connectivity index (χ2v) is 9.50. The molecule has 0 atom stereocenters. The van der Waals surface area contributed by atoms with Crippen LogP contribution >= 0.6 is 11.8 Å². The number of hydrogen-bond donors (Lipinski definition) is 1. The topological polar surface area (TPSA) is 80.2 Å². The monoisotopic (exact) mass is 480 g/mol. The van der Waals surface area contributed by atoms with Crippen molar-refractivity contribution in [3.63, 3.8) is 0 Å². The highest BCUT2D eigenvalue weighted by atomic mass is 32.2. The predicted molar refractivity (Wildman–Crippen MR) is 136 cm³/mol. The number of carbonyl (C=O) groups is 2. The third-order valence-corrected chi connectivity index (χ3v) is 7.43. The van der Waals surface area contributed by atoms with E-state index in [9.17, 15) is 14.9 Å². The molecular formula is C28H24N4O2S. The van der Waals surface area contributed by atoms with Gasteiger partial charge >= 0.3 is 0 Å². The summed E-state index contributed by atoms with van der Waals surface area (Å²) in [6, 6.07) is 25.1. The van der Waals surface area contributed by atoms with E-state index in [4.69, 9.17) is 0 Å². The number of hydrogen-bond acceptors (Lipinski definition) is 4. The summed E-state index contributed by atoms with van der Waals surface area (Å²) in [5, 5.41) is 10.5. The molecule has 35 heavy (non-hydrogen) atoms. The summed E-state index contributed by atoms with van der Waals surface area (Å²) >= 11 is 1.43. The van der Waals surface area contributed by atoms with Gasteiger partial charge in [0.05, 0.1) is 17.5 Å². The van der Waals surface area contributed by atoms with Crippen LogP contribution in [0.15, 0.2) is 88.8 Å². The van der Waals surface area contributed by atoms with Crippen LogP contribution in [0.4, 0.5) is 0 Å². The first-order valence-electron chi connectivity index (χ1n) is 11.5. The summed E-state index contributed by atoms with van der Waals surface area (Å²) < 4.78 is 0. The highest BCUT2D eigenvalue weighted by molar-refractivity contribution is 7.99. The Bertz CT molecular complexity index is 1430. The van der Waals surface area contributed by atoms with Gasteiger partial charge in [-0.05, 0) is 35.9 Å². The van der Waals surface area contributed by atoms with Crippen LogP contribution in [-0.2, 0) is 11.2 Å². The second kappa shape index (κ2) is 10.1. The summed E-state index contributed by atoms with van der Waals surface area (Å²) in [4.78, 5) is 34.9. The molecular weight excluding hydrogens is 456 g/mol. The molecule has 1 N–H and O–H groups in total. The molecule has 1 saturated heterocycles. The van der Waals surface area contributed by atoms with Gasteiger partial charge in [0.2, 0.25) is 5.91 Å². The summed E-state index contributed by atoms with van der Waals surface area (Å²) in [7, 11) is 0. The molecule has 2 amide bonds. The lowest BCUT2D eigenvalue weighted by molar-refractivity contribution is -0.131. The lowest BCUT2D eigenvalue weighted by atomic mass is 10.1. The third kappa shape index (κ3) is 4.79. The van der Waals surface area contributed by atoms with Crippen molar-refractivity contribution in [2.24, 2.45) is 0 Å². The molecule has 0 unspecified atom stereocenters. The normalized spacial score (nSPS) is 13.6. The average Bonchev–Trinajstić information content (AvgIpc) is 3.31. The minimum Gasteiger partial charge on any atom is -0.361 e. The Balaban J connectivity index is 1.24. The zero-order valence-electron chi connectivity index (χ0n) is 19.1. The van der Waals surface area contributed by atoms with E-state index in [1.54, 1.807) is 6.07 Å². The highest BCUT2D eigenvalue weighted by Crippen LogP contribution is 2.33. The molecule has 4 aromatic rings. The largest absolute Gasteiger partial charge is 0.361 e.